The van der Waals surface area contributed by atoms with E-state index in [9.17, 15) is 19.2 Å². The molecular weight excluding hydrogens is 753 g/mol. The first-order chi connectivity index (χ1) is 29.2. The highest BCUT2D eigenvalue weighted by molar-refractivity contribution is 5.90. The Labute approximate surface area is 356 Å². The van der Waals surface area contributed by atoms with Crippen LogP contribution in [-0.4, -0.2) is 37.1 Å². The van der Waals surface area contributed by atoms with Crippen LogP contribution in [0.15, 0.2) is 85.5 Å². The van der Waals surface area contributed by atoms with Crippen molar-refractivity contribution in [2.45, 2.75) is 122 Å². The van der Waals surface area contributed by atoms with Crippen LogP contribution < -0.4 is 4.74 Å². The van der Waals surface area contributed by atoms with Crippen molar-refractivity contribution in [3.63, 3.8) is 0 Å². The molecule has 0 bridgehead atoms. The number of ether oxygens (including phenoxy) is 4. The molecule has 3 saturated carbocycles. The van der Waals surface area contributed by atoms with Crippen LogP contribution in [0.1, 0.15) is 138 Å². The molecule has 0 amide bonds. The quantitative estimate of drug-likeness (QED) is 0.0331. The molecule has 0 atom stereocenters. The van der Waals surface area contributed by atoms with Crippen LogP contribution in [0.4, 0.5) is 0 Å². The standard InChI is InChI=1S/C52H62O8/c1-4-10-38-13-17-40(18-14-38)42-31-33-52(34-32-42,46-27-23-41(24-28-46)39-15-11-37(5-2)12-16-39)60-51(56)45-25-29-47(30-26-45)59-50(55)44-21-19-43(20-22-44)49(54)58-36-9-7-8-35-57-48(53)6-3/h2,6,11-12,15-16,23-30,38,40,42-44H,3-4,7-10,13-14,17-22,31-36H2,1H3. The lowest BCUT2D eigenvalue weighted by Crippen LogP contribution is -2.38. The molecule has 0 spiro atoms. The molecule has 0 aromatic heterocycles. The van der Waals surface area contributed by atoms with E-state index in [-0.39, 0.29) is 29.7 Å². The van der Waals surface area contributed by atoms with E-state index < -0.39 is 11.6 Å². The van der Waals surface area contributed by atoms with Crippen molar-refractivity contribution < 1.29 is 38.1 Å². The highest BCUT2D eigenvalue weighted by atomic mass is 16.6. The Hall–Kier alpha value is -5.16. The number of carbonyl (C=O) groups excluding carboxylic acids is 4. The van der Waals surface area contributed by atoms with Gasteiger partial charge in [-0.3, -0.25) is 9.59 Å². The van der Waals surface area contributed by atoms with Gasteiger partial charge in [-0.05, 0) is 154 Å². The number of unbranched alkanes of at least 4 members (excludes halogenated alkanes) is 2. The average molecular weight is 815 g/mol. The molecule has 3 aromatic rings. The smallest absolute Gasteiger partial charge is 0.339 e. The number of terminal acetylenes is 1. The summed E-state index contributed by atoms with van der Waals surface area (Å²) in [5, 5.41) is 0. The molecule has 0 saturated heterocycles. The van der Waals surface area contributed by atoms with Crippen LogP contribution in [0.5, 0.6) is 5.75 Å². The fraction of sp³-hybridized carbons (Fsp3) is 0.500. The predicted molar refractivity (Wildman–Crippen MR) is 233 cm³/mol. The maximum atomic E-state index is 13.9. The Bertz CT molecular complexity index is 1920. The van der Waals surface area contributed by atoms with E-state index in [2.05, 4.69) is 43.7 Å². The summed E-state index contributed by atoms with van der Waals surface area (Å²) >= 11 is 0. The fourth-order valence-corrected chi connectivity index (χ4v) is 9.67. The minimum Gasteiger partial charge on any atom is -0.465 e. The third-order valence-electron chi connectivity index (χ3n) is 13.3. The lowest BCUT2D eigenvalue weighted by molar-refractivity contribution is -0.152. The molecule has 6 rings (SSSR count). The third-order valence-corrected chi connectivity index (χ3v) is 13.3. The topological polar surface area (TPSA) is 105 Å². The Morgan fingerprint density at radius 3 is 1.85 bits per heavy atom. The van der Waals surface area contributed by atoms with Crippen molar-refractivity contribution in [1.82, 2.24) is 0 Å². The van der Waals surface area contributed by atoms with Crippen LogP contribution in [-0.2, 0) is 34.2 Å². The first kappa shape index (κ1) is 44.4. The van der Waals surface area contributed by atoms with Crippen LogP contribution in [0.25, 0.3) is 11.1 Å². The van der Waals surface area contributed by atoms with Crippen molar-refractivity contribution in [3.05, 3.63) is 102 Å². The van der Waals surface area contributed by atoms with Gasteiger partial charge in [0.2, 0.25) is 0 Å². The molecule has 0 aliphatic heterocycles. The Balaban J connectivity index is 1.02. The summed E-state index contributed by atoms with van der Waals surface area (Å²) in [7, 11) is 0. The Morgan fingerprint density at radius 2 is 1.27 bits per heavy atom. The fourth-order valence-electron chi connectivity index (χ4n) is 9.67. The van der Waals surface area contributed by atoms with Crippen LogP contribution in [0.2, 0.25) is 0 Å². The molecule has 0 heterocycles. The summed E-state index contributed by atoms with van der Waals surface area (Å²) in [5.41, 5.74) is 3.68. The third kappa shape index (κ3) is 12.0. The van der Waals surface area contributed by atoms with Crippen molar-refractivity contribution in [2.24, 2.45) is 29.6 Å². The maximum absolute atomic E-state index is 13.9. The minimum atomic E-state index is -0.738. The molecule has 3 aromatic carbocycles. The van der Waals surface area contributed by atoms with Crippen molar-refractivity contribution in [3.8, 4) is 29.2 Å². The van der Waals surface area contributed by atoms with Gasteiger partial charge in [0.05, 0.1) is 30.6 Å². The van der Waals surface area contributed by atoms with E-state index >= 15 is 0 Å². The number of hydrogen-bond donors (Lipinski definition) is 0. The van der Waals surface area contributed by atoms with Gasteiger partial charge in [0, 0.05) is 11.6 Å². The summed E-state index contributed by atoms with van der Waals surface area (Å²) in [6.07, 6.45) is 22.6. The second-order valence-corrected chi connectivity index (χ2v) is 17.2. The minimum absolute atomic E-state index is 0.231. The van der Waals surface area contributed by atoms with Gasteiger partial charge in [0.15, 0.2) is 0 Å². The molecule has 3 fully saturated rings. The molecule has 0 unspecified atom stereocenters. The number of carbonyl (C=O) groups is 4. The van der Waals surface area contributed by atoms with Gasteiger partial charge in [-0.1, -0.05) is 81.5 Å². The zero-order chi connectivity index (χ0) is 42.3. The van der Waals surface area contributed by atoms with E-state index in [1.54, 1.807) is 24.3 Å². The molecule has 0 N–H and O–H groups in total. The first-order valence-electron chi connectivity index (χ1n) is 22.4. The van der Waals surface area contributed by atoms with Gasteiger partial charge in [0.25, 0.3) is 0 Å². The summed E-state index contributed by atoms with van der Waals surface area (Å²) in [4.78, 5) is 50.8. The molecule has 60 heavy (non-hydrogen) atoms. The van der Waals surface area contributed by atoms with E-state index in [4.69, 9.17) is 25.4 Å². The molecular formula is C52H62O8. The predicted octanol–water partition coefficient (Wildman–Crippen LogP) is 11.3. The van der Waals surface area contributed by atoms with Crippen LogP contribution in [0, 0.1) is 41.9 Å². The van der Waals surface area contributed by atoms with Gasteiger partial charge >= 0.3 is 23.9 Å². The lowest BCUT2D eigenvalue weighted by atomic mass is 9.66. The van der Waals surface area contributed by atoms with Crippen molar-refractivity contribution >= 4 is 23.9 Å². The van der Waals surface area contributed by atoms with Gasteiger partial charge in [-0.2, -0.15) is 0 Å². The summed E-state index contributed by atoms with van der Waals surface area (Å²) in [6, 6.07) is 23.1. The number of benzene rings is 3. The molecule has 8 nitrogen and oxygen atoms in total. The largest absolute Gasteiger partial charge is 0.465 e. The zero-order valence-corrected chi connectivity index (χ0v) is 35.4. The van der Waals surface area contributed by atoms with Crippen LogP contribution >= 0.6 is 0 Å². The van der Waals surface area contributed by atoms with E-state index in [0.29, 0.717) is 69.0 Å². The SMILES string of the molecule is C#Cc1ccc(-c2ccc(C3(OC(=O)c4ccc(OC(=O)C5CCC(C(=O)OCCCCCOC(=O)C=C)CC5)cc4)CCC(C4CCC(CCC)CC4)CC3)cc2)cc1. The molecule has 3 aliphatic rings. The monoisotopic (exact) mass is 814 g/mol. The average Bonchev–Trinajstić information content (AvgIpc) is 3.29. The van der Waals surface area contributed by atoms with Gasteiger partial charge in [0.1, 0.15) is 11.4 Å². The highest BCUT2D eigenvalue weighted by Gasteiger charge is 2.43. The van der Waals surface area contributed by atoms with Crippen molar-refractivity contribution in [1.29, 1.82) is 0 Å². The number of hydrogen-bond acceptors (Lipinski definition) is 8. The van der Waals surface area contributed by atoms with E-state index in [1.807, 2.05) is 24.3 Å². The highest BCUT2D eigenvalue weighted by Crippen LogP contribution is 2.48. The summed E-state index contributed by atoms with van der Waals surface area (Å²) in [6.45, 7) is 6.29. The van der Waals surface area contributed by atoms with E-state index in [1.165, 1.54) is 38.5 Å². The van der Waals surface area contributed by atoms with Gasteiger partial charge in [-0.15, -0.1) is 6.42 Å². The van der Waals surface area contributed by atoms with Gasteiger partial charge in [-0.25, -0.2) is 9.59 Å². The summed E-state index contributed by atoms with van der Waals surface area (Å²) in [5.74, 6) is 3.38. The Kier molecular flexibility index (Phi) is 16.2. The molecule has 8 heteroatoms. The normalized spacial score (nSPS) is 24.0. The molecule has 3 aliphatic carbocycles. The van der Waals surface area contributed by atoms with Crippen molar-refractivity contribution in [2.75, 3.05) is 13.2 Å². The lowest BCUT2D eigenvalue weighted by Gasteiger charge is -2.43. The summed E-state index contributed by atoms with van der Waals surface area (Å²) < 4.78 is 22.8. The second-order valence-electron chi connectivity index (χ2n) is 17.2. The zero-order valence-electron chi connectivity index (χ0n) is 35.4. The van der Waals surface area contributed by atoms with E-state index in [0.717, 1.165) is 72.3 Å². The maximum Gasteiger partial charge on any atom is 0.339 e. The number of rotatable bonds is 17. The van der Waals surface area contributed by atoms with Gasteiger partial charge < -0.3 is 18.9 Å². The Morgan fingerprint density at radius 1 is 0.700 bits per heavy atom. The number of esters is 4. The van der Waals surface area contributed by atoms with Crippen LogP contribution in [0.3, 0.4) is 0 Å². The molecule has 318 valence electrons. The molecule has 0 radical (unpaired) electrons. The first-order valence-corrected chi connectivity index (χ1v) is 22.4. The second kappa shape index (κ2) is 21.9.